The number of hydrogen-bond donors (Lipinski definition) is 2. The fourth-order valence-corrected chi connectivity index (χ4v) is 4.38. The molecule has 0 atom stereocenters. The van der Waals surface area contributed by atoms with Gasteiger partial charge in [0.05, 0.1) is 4.90 Å². The van der Waals surface area contributed by atoms with Crippen molar-refractivity contribution in [2.24, 2.45) is 5.41 Å². The first-order valence-corrected chi connectivity index (χ1v) is 11.5. The lowest BCUT2D eigenvalue weighted by atomic mass is 9.93. The lowest BCUT2D eigenvalue weighted by molar-refractivity contribution is -0.140. The Morgan fingerprint density at radius 1 is 1.10 bits per heavy atom. The molecule has 1 fully saturated rings. The SMILES string of the molecule is Cc1ccc(S(=O)(=O)NCCC(=O)NC2CCN(C(=O)C(C)(C)C)CC2)cc1C. The molecule has 2 N–H and O–H groups in total. The third kappa shape index (κ3) is 6.54. The van der Waals surface area contributed by atoms with Gasteiger partial charge >= 0.3 is 0 Å². The predicted molar refractivity (Wildman–Crippen MR) is 113 cm³/mol. The van der Waals surface area contributed by atoms with Crippen LogP contribution in [0.1, 0.15) is 51.2 Å². The highest BCUT2D eigenvalue weighted by molar-refractivity contribution is 7.89. The minimum Gasteiger partial charge on any atom is -0.353 e. The van der Waals surface area contributed by atoms with Crippen LogP contribution < -0.4 is 10.0 Å². The van der Waals surface area contributed by atoms with Crippen molar-refractivity contribution in [3.8, 4) is 0 Å². The third-order valence-corrected chi connectivity index (χ3v) is 6.68. The first-order valence-electron chi connectivity index (χ1n) is 10.1. The number of carbonyl (C=O) groups excluding carboxylic acids is 2. The fraction of sp³-hybridized carbons (Fsp3) is 0.619. The molecule has 0 unspecified atom stereocenters. The van der Waals surface area contributed by atoms with Crippen molar-refractivity contribution in [3.05, 3.63) is 29.3 Å². The van der Waals surface area contributed by atoms with E-state index in [1.165, 1.54) is 0 Å². The predicted octanol–water partition coefficient (Wildman–Crippen LogP) is 2.13. The zero-order valence-electron chi connectivity index (χ0n) is 18.0. The van der Waals surface area contributed by atoms with Crippen LogP contribution in [0.2, 0.25) is 0 Å². The van der Waals surface area contributed by atoms with Crippen LogP contribution in [0.4, 0.5) is 0 Å². The van der Waals surface area contributed by atoms with E-state index < -0.39 is 15.4 Å². The summed E-state index contributed by atoms with van der Waals surface area (Å²) in [6, 6.07) is 4.98. The summed E-state index contributed by atoms with van der Waals surface area (Å²) in [6.45, 7) is 10.8. The first-order chi connectivity index (χ1) is 13.4. The summed E-state index contributed by atoms with van der Waals surface area (Å²) in [5, 5.41) is 2.95. The summed E-state index contributed by atoms with van der Waals surface area (Å²) in [5.41, 5.74) is 1.53. The van der Waals surface area contributed by atoms with Crippen molar-refractivity contribution in [3.63, 3.8) is 0 Å². The maximum Gasteiger partial charge on any atom is 0.240 e. The van der Waals surface area contributed by atoms with E-state index in [9.17, 15) is 18.0 Å². The van der Waals surface area contributed by atoms with Gasteiger partial charge in [-0.1, -0.05) is 26.8 Å². The molecule has 0 bridgehead atoms. The van der Waals surface area contributed by atoms with Gasteiger partial charge in [0.25, 0.3) is 0 Å². The highest BCUT2D eigenvalue weighted by Gasteiger charge is 2.30. The maximum atomic E-state index is 12.4. The number of nitrogens with one attached hydrogen (secondary N) is 2. The molecule has 0 aromatic heterocycles. The second-order valence-corrected chi connectivity index (χ2v) is 10.5. The lowest BCUT2D eigenvalue weighted by Crippen LogP contribution is -2.49. The first kappa shape index (κ1) is 23.3. The largest absolute Gasteiger partial charge is 0.353 e. The summed E-state index contributed by atoms with van der Waals surface area (Å²) in [7, 11) is -3.63. The normalized spacial score (nSPS) is 16.0. The van der Waals surface area contributed by atoms with Gasteiger partial charge in [0.1, 0.15) is 0 Å². The van der Waals surface area contributed by atoms with E-state index >= 15 is 0 Å². The van der Waals surface area contributed by atoms with Gasteiger partial charge in [-0.2, -0.15) is 0 Å². The summed E-state index contributed by atoms with van der Waals surface area (Å²) in [4.78, 5) is 26.5. The summed E-state index contributed by atoms with van der Waals surface area (Å²) < 4.78 is 27.2. The number of rotatable bonds is 6. The standard InChI is InChI=1S/C21H33N3O4S/c1-15-6-7-18(14-16(15)2)29(27,28)22-11-8-19(25)23-17-9-12-24(13-10-17)20(26)21(3,4)5/h6-7,14,17,22H,8-13H2,1-5H3,(H,23,25). The molecule has 2 amide bonds. The number of carbonyl (C=O) groups is 2. The molecule has 8 heteroatoms. The molecular weight excluding hydrogens is 390 g/mol. The van der Waals surface area contributed by atoms with E-state index in [4.69, 9.17) is 0 Å². The van der Waals surface area contributed by atoms with Crippen LogP contribution in [0.15, 0.2) is 23.1 Å². The molecule has 29 heavy (non-hydrogen) atoms. The second-order valence-electron chi connectivity index (χ2n) is 8.78. The van der Waals surface area contributed by atoms with Gasteiger partial charge in [0.15, 0.2) is 0 Å². The maximum absolute atomic E-state index is 12.4. The number of sulfonamides is 1. The van der Waals surface area contributed by atoms with Crippen LogP contribution in [0.5, 0.6) is 0 Å². The molecule has 0 aliphatic carbocycles. The van der Waals surface area contributed by atoms with E-state index in [1.807, 2.05) is 39.5 Å². The zero-order valence-corrected chi connectivity index (χ0v) is 18.9. The van der Waals surface area contributed by atoms with Crippen LogP contribution in [0, 0.1) is 19.3 Å². The fourth-order valence-electron chi connectivity index (χ4n) is 3.26. The zero-order chi connectivity index (χ0) is 21.8. The summed E-state index contributed by atoms with van der Waals surface area (Å²) in [6.07, 6.45) is 1.50. The van der Waals surface area contributed by atoms with Crippen LogP contribution in [-0.2, 0) is 19.6 Å². The van der Waals surface area contributed by atoms with Crippen molar-refractivity contribution >= 4 is 21.8 Å². The highest BCUT2D eigenvalue weighted by Crippen LogP contribution is 2.21. The van der Waals surface area contributed by atoms with E-state index in [1.54, 1.807) is 18.2 Å². The molecule has 7 nitrogen and oxygen atoms in total. The number of piperidine rings is 1. The number of nitrogens with zero attached hydrogens (tertiary/aromatic N) is 1. The molecule has 0 spiro atoms. The van der Waals surface area contributed by atoms with E-state index in [-0.39, 0.29) is 35.7 Å². The number of aryl methyl sites for hydroxylation is 2. The molecule has 1 saturated heterocycles. The molecular formula is C21H33N3O4S. The topological polar surface area (TPSA) is 95.6 Å². The average Bonchev–Trinajstić information content (AvgIpc) is 2.63. The molecule has 0 saturated carbocycles. The van der Waals surface area contributed by atoms with Crippen LogP contribution in [0.3, 0.4) is 0 Å². The Hall–Kier alpha value is -1.93. The minimum absolute atomic E-state index is 0.0165. The quantitative estimate of drug-likeness (QED) is 0.733. The molecule has 2 rings (SSSR count). The molecule has 1 aromatic rings. The van der Waals surface area contributed by atoms with Gasteiger partial charge in [0, 0.05) is 37.5 Å². The Bertz CT molecular complexity index is 851. The summed E-state index contributed by atoms with van der Waals surface area (Å²) in [5.74, 6) is -0.0589. The van der Waals surface area contributed by atoms with Crippen molar-refractivity contribution in [2.45, 2.75) is 64.8 Å². The van der Waals surface area contributed by atoms with Gasteiger partial charge in [-0.3, -0.25) is 9.59 Å². The van der Waals surface area contributed by atoms with Crippen LogP contribution in [0.25, 0.3) is 0 Å². The van der Waals surface area contributed by atoms with Crippen molar-refractivity contribution < 1.29 is 18.0 Å². The van der Waals surface area contributed by atoms with E-state index in [2.05, 4.69) is 10.0 Å². The van der Waals surface area contributed by atoms with Gasteiger partial charge in [-0.05, 0) is 49.9 Å². The molecule has 1 aromatic carbocycles. The Morgan fingerprint density at radius 3 is 2.28 bits per heavy atom. The Kier molecular flexibility index (Phi) is 7.45. The van der Waals surface area contributed by atoms with E-state index in [0.29, 0.717) is 25.9 Å². The third-order valence-electron chi connectivity index (χ3n) is 5.22. The monoisotopic (exact) mass is 423 g/mol. The molecule has 1 aliphatic heterocycles. The molecule has 1 aliphatic rings. The number of benzene rings is 1. The van der Waals surface area contributed by atoms with Crippen LogP contribution >= 0.6 is 0 Å². The average molecular weight is 424 g/mol. The van der Waals surface area contributed by atoms with Crippen molar-refractivity contribution in [1.82, 2.24) is 14.9 Å². The molecule has 1 heterocycles. The number of amides is 2. The van der Waals surface area contributed by atoms with E-state index in [0.717, 1.165) is 11.1 Å². The Balaban J connectivity index is 1.76. The Labute approximate surface area is 174 Å². The van der Waals surface area contributed by atoms with Crippen LogP contribution in [-0.4, -0.2) is 50.8 Å². The van der Waals surface area contributed by atoms with Gasteiger partial charge < -0.3 is 10.2 Å². The highest BCUT2D eigenvalue weighted by atomic mass is 32.2. The van der Waals surface area contributed by atoms with Gasteiger partial charge in [-0.15, -0.1) is 0 Å². The Morgan fingerprint density at radius 2 is 1.72 bits per heavy atom. The number of hydrogen-bond acceptors (Lipinski definition) is 4. The molecule has 0 radical (unpaired) electrons. The molecule has 162 valence electrons. The minimum atomic E-state index is -3.63. The van der Waals surface area contributed by atoms with Crippen molar-refractivity contribution in [2.75, 3.05) is 19.6 Å². The van der Waals surface area contributed by atoms with Gasteiger partial charge in [-0.25, -0.2) is 13.1 Å². The summed E-state index contributed by atoms with van der Waals surface area (Å²) >= 11 is 0. The second kappa shape index (κ2) is 9.26. The lowest BCUT2D eigenvalue weighted by Gasteiger charge is -2.36. The van der Waals surface area contributed by atoms with Crippen molar-refractivity contribution in [1.29, 1.82) is 0 Å². The van der Waals surface area contributed by atoms with Gasteiger partial charge in [0.2, 0.25) is 21.8 Å². The number of likely N-dealkylation sites (tertiary alicyclic amines) is 1. The smallest absolute Gasteiger partial charge is 0.240 e.